The van der Waals surface area contributed by atoms with E-state index in [1.165, 1.54) is 33.5 Å². The van der Waals surface area contributed by atoms with E-state index in [-0.39, 0.29) is 11.2 Å². The molecule has 2 heterocycles. The number of nitrogens with one attached hydrogen (secondary N) is 1. The zero-order chi connectivity index (χ0) is 20.8. The third-order valence-electron chi connectivity index (χ3n) is 5.12. The Hall–Kier alpha value is -3.74. The van der Waals surface area contributed by atoms with Crippen LogP contribution in [0.2, 0.25) is 0 Å². The van der Waals surface area contributed by atoms with Gasteiger partial charge in [-0.25, -0.2) is 9.48 Å². The van der Waals surface area contributed by atoms with Crippen LogP contribution in [0.1, 0.15) is 17.7 Å². The van der Waals surface area contributed by atoms with Crippen LogP contribution in [0.4, 0.5) is 0 Å². The number of nitrogens with zero attached hydrogens (tertiary/aromatic N) is 4. The average molecular weight is 401 g/mol. The summed E-state index contributed by atoms with van der Waals surface area (Å²) in [6, 6.07) is 20.2. The van der Waals surface area contributed by atoms with E-state index in [9.17, 15) is 9.59 Å². The van der Waals surface area contributed by atoms with Crippen LogP contribution in [0.15, 0.2) is 82.6 Å². The van der Waals surface area contributed by atoms with Crippen LogP contribution in [-0.2, 0) is 25.9 Å². The van der Waals surface area contributed by atoms with Crippen molar-refractivity contribution in [3.8, 4) is 11.1 Å². The highest BCUT2D eigenvalue weighted by Crippen LogP contribution is 2.24. The SMILES string of the molecule is O=c1ccn(CCCc2cnnn2CCc2ccccc2-c2ccccc2)c(=O)[nH]1. The van der Waals surface area contributed by atoms with Gasteiger partial charge in [0.15, 0.2) is 0 Å². The lowest BCUT2D eigenvalue weighted by atomic mass is 9.98. The van der Waals surface area contributed by atoms with E-state index in [1.807, 2.05) is 10.7 Å². The van der Waals surface area contributed by atoms with Gasteiger partial charge in [-0.15, -0.1) is 5.10 Å². The Bertz CT molecular complexity index is 1220. The van der Waals surface area contributed by atoms with E-state index in [0.717, 1.165) is 31.5 Å². The number of aromatic nitrogens is 5. The van der Waals surface area contributed by atoms with Gasteiger partial charge in [-0.3, -0.25) is 9.78 Å². The maximum absolute atomic E-state index is 11.8. The molecular formula is C23H23N5O2. The Balaban J connectivity index is 1.40. The highest BCUT2D eigenvalue weighted by atomic mass is 16.2. The largest absolute Gasteiger partial charge is 0.328 e. The van der Waals surface area contributed by atoms with E-state index in [2.05, 4.69) is 63.8 Å². The number of hydrogen-bond donors (Lipinski definition) is 1. The van der Waals surface area contributed by atoms with Crippen molar-refractivity contribution in [2.75, 3.05) is 0 Å². The molecule has 0 spiro atoms. The molecule has 0 atom stereocenters. The maximum Gasteiger partial charge on any atom is 0.328 e. The van der Waals surface area contributed by atoms with E-state index in [1.54, 1.807) is 6.20 Å². The van der Waals surface area contributed by atoms with Crippen molar-refractivity contribution in [1.29, 1.82) is 0 Å². The van der Waals surface area contributed by atoms with Gasteiger partial charge < -0.3 is 4.57 Å². The van der Waals surface area contributed by atoms with Gasteiger partial charge in [0.25, 0.3) is 5.56 Å². The van der Waals surface area contributed by atoms with Gasteiger partial charge in [0, 0.05) is 25.4 Å². The lowest BCUT2D eigenvalue weighted by molar-refractivity contribution is 0.540. The van der Waals surface area contributed by atoms with Gasteiger partial charge in [0.05, 0.1) is 11.9 Å². The second-order valence-electron chi connectivity index (χ2n) is 7.13. The molecule has 0 aliphatic carbocycles. The number of aromatic amines is 1. The summed E-state index contributed by atoms with van der Waals surface area (Å²) in [5.41, 5.74) is 3.98. The molecule has 0 amide bonds. The highest BCUT2D eigenvalue weighted by molar-refractivity contribution is 5.67. The molecule has 0 saturated heterocycles. The van der Waals surface area contributed by atoms with Crippen LogP contribution in [0.3, 0.4) is 0 Å². The molecule has 0 saturated carbocycles. The van der Waals surface area contributed by atoms with Crippen LogP contribution in [-0.4, -0.2) is 24.5 Å². The van der Waals surface area contributed by atoms with Gasteiger partial charge in [0.2, 0.25) is 0 Å². The van der Waals surface area contributed by atoms with Crippen LogP contribution in [0.25, 0.3) is 11.1 Å². The lowest BCUT2D eigenvalue weighted by Crippen LogP contribution is -2.28. The minimum absolute atomic E-state index is 0.380. The molecule has 30 heavy (non-hydrogen) atoms. The lowest BCUT2D eigenvalue weighted by Gasteiger charge is -2.11. The van der Waals surface area contributed by atoms with Gasteiger partial charge in [-0.05, 0) is 36.0 Å². The molecule has 0 bridgehead atoms. The molecule has 4 aromatic rings. The van der Waals surface area contributed by atoms with Gasteiger partial charge in [0.1, 0.15) is 0 Å². The molecule has 0 fully saturated rings. The van der Waals surface area contributed by atoms with E-state index in [4.69, 9.17) is 0 Å². The molecule has 4 rings (SSSR count). The van der Waals surface area contributed by atoms with Crippen molar-refractivity contribution in [3.63, 3.8) is 0 Å². The third kappa shape index (κ3) is 4.63. The maximum atomic E-state index is 11.8. The smallest absolute Gasteiger partial charge is 0.301 e. The van der Waals surface area contributed by atoms with Crippen molar-refractivity contribution in [1.82, 2.24) is 24.5 Å². The summed E-state index contributed by atoms with van der Waals surface area (Å²) in [5, 5.41) is 8.31. The zero-order valence-electron chi connectivity index (χ0n) is 16.6. The van der Waals surface area contributed by atoms with Gasteiger partial charge >= 0.3 is 5.69 Å². The fraction of sp³-hybridized carbons (Fsp3) is 0.217. The fourth-order valence-electron chi connectivity index (χ4n) is 3.58. The predicted molar refractivity (Wildman–Crippen MR) is 115 cm³/mol. The summed E-state index contributed by atoms with van der Waals surface area (Å²) in [6.07, 6.45) is 5.65. The van der Waals surface area contributed by atoms with Crippen LogP contribution in [0, 0.1) is 0 Å². The molecule has 2 aromatic heterocycles. The first-order valence-corrected chi connectivity index (χ1v) is 10.0. The van der Waals surface area contributed by atoms with Gasteiger partial charge in [-0.1, -0.05) is 59.8 Å². The van der Waals surface area contributed by atoms with Gasteiger partial charge in [-0.2, -0.15) is 0 Å². The van der Waals surface area contributed by atoms with E-state index in [0.29, 0.717) is 6.54 Å². The summed E-state index contributed by atoms with van der Waals surface area (Å²) < 4.78 is 3.43. The predicted octanol–water partition coefficient (Wildman–Crippen LogP) is 2.67. The first-order chi connectivity index (χ1) is 14.7. The minimum Gasteiger partial charge on any atom is -0.301 e. The molecular weight excluding hydrogens is 378 g/mol. The summed E-state index contributed by atoms with van der Waals surface area (Å²) in [6.45, 7) is 1.26. The molecule has 7 heteroatoms. The molecule has 0 unspecified atom stereocenters. The standard InChI is InChI=1S/C23H23N5O2/c29-22-13-15-27(23(30)25-22)14-6-10-20-17-24-26-28(20)16-12-19-9-4-5-11-21(19)18-7-2-1-3-8-18/h1-5,7-9,11,13,15,17H,6,10,12,14,16H2,(H,25,29,30). The topological polar surface area (TPSA) is 85.6 Å². The van der Waals surface area contributed by atoms with Crippen molar-refractivity contribution in [3.05, 3.63) is 105 Å². The average Bonchev–Trinajstić information content (AvgIpc) is 3.22. The number of rotatable bonds is 8. The molecule has 2 aromatic carbocycles. The molecule has 0 aliphatic rings. The van der Waals surface area contributed by atoms with Crippen LogP contribution < -0.4 is 11.2 Å². The van der Waals surface area contributed by atoms with Crippen molar-refractivity contribution in [2.24, 2.45) is 0 Å². The van der Waals surface area contributed by atoms with Crippen molar-refractivity contribution < 1.29 is 0 Å². The number of aryl methyl sites for hydroxylation is 4. The Morgan fingerprint density at radius 2 is 1.67 bits per heavy atom. The molecule has 7 nitrogen and oxygen atoms in total. The first-order valence-electron chi connectivity index (χ1n) is 10.0. The monoisotopic (exact) mass is 401 g/mol. The Kier molecular flexibility index (Phi) is 5.98. The van der Waals surface area contributed by atoms with Crippen LogP contribution in [0.5, 0.6) is 0 Å². The van der Waals surface area contributed by atoms with Crippen molar-refractivity contribution in [2.45, 2.75) is 32.4 Å². The first kappa shape index (κ1) is 19.6. The summed E-state index contributed by atoms with van der Waals surface area (Å²) in [7, 11) is 0. The minimum atomic E-state index is -0.383. The van der Waals surface area contributed by atoms with Crippen molar-refractivity contribution >= 4 is 0 Å². The van der Waals surface area contributed by atoms with Crippen LogP contribution >= 0.6 is 0 Å². The number of benzene rings is 2. The summed E-state index contributed by atoms with van der Waals surface area (Å²) in [5.74, 6) is 0. The summed E-state index contributed by atoms with van der Waals surface area (Å²) in [4.78, 5) is 25.2. The normalized spacial score (nSPS) is 10.9. The highest BCUT2D eigenvalue weighted by Gasteiger charge is 2.08. The number of H-pyrrole nitrogens is 1. The molecule has 0 aliphatic heterocycles. The quantitative estimate of drug-likeness (QED) is 0.492. The fourth-order valence-corrected chi connectivity index (χ4v) is 3.58. The Morgan fingerprint density at radius 1 is 0.867 bits per heavy atom. The zero-order valence-corrected chi connectivity index (χ0v) is 16.6. The third-order valence-corrected chi connectivity index (χ3v) is 5.12. The molecule has 1 N–H and O–H groups in total. The van der Waals surface area contributed by atoms with E-state index < -0.39 is 0 Å². The van der Waals surface area contributed by atoms with E-state index >= 15 is 0 Å². The second-order valence-corrected chi connectivity index (χ2v) is 7.13. The Labute approximate surface area is 173 Å². The summed E-state index contributed by atoms with van der Waals surface area (Å²) >= 11 is 0. The Morgan fingerprint density at radius 3 is 2.50 bits per heavy atom. The molecule has 152 valence electrons. The number of hydrogen-bond acceptors (Lipinski definition) is 4. The molecule has 0 radical (unpaired) electrons. The second kappa shape index (κ2) is 9.17.